The number of piperidine rings is 1. The summed E-state index contributed by atoms with van der Waals surface area (Å²) in [7, 11) is 0. The van der Waals surface area contributed by atoms with Gasteiger partial charge < -0.3 is 15.7 Å². The van der Waals surface area contributed by atoms with Gasteiger partial charge in [-0.1, -0.05) is 0 Å². The van der Waals surface area contributed by atoms with Crippen molar-refractivity contribution < 1.29 is 5.11 Å². The predicted molar refractivity (Wildman–Crippen MR) is 43.3 cm³/mol. The molecule has 1 aliphatic rings. The molecule has 1 aliphatic heterocycles. The van der Waals surface area contributed by atoms with Crippen molar-refractivity contribution in [1.82, 2.24) is 4.90 Å². The second-order valence-corrected chi connectivity index (χ2v) is 3.00. The first kappa shape index (κ1) is 8.33. The summed E-state index contributed by atoms with van der Waals surface area (Å²) in [4.78, 5) is 1.84. The van der Waals surface area contributed by atoms with Gasteiger partial charge in [0.05, 0.1) is 0 Å². The van der Waals surface area contributed by atoms with E-state index in [0.717, 1.165) is 25.9 Å². The molecule has 64 valence electrons. The van der Waals surface area contributed by atoms with Crippen LogP contribution in [0.5, 0.6) is 0 Å². The molecule has 0 unspecified atom stereocenters. The van der Waals surface area contributed by atoms with E-state index in [4.69, 9.17) is 16.2 Å². The quantitative estimate of drug-likeness (QED) is 0.357. The number of nitrogens with one attached hydrogen (secondary N) is 1. The lowest BCUT2D eigenvalue weighted by atomic mass is 9.98. The molecular weight excluding hydrogens is 142 g/mol. The summed E-state index contributed by atoms with van der Waals surface area (Å²) < 4.78 is 0. The lowest BCUT2D eigenvalue weighted by Gasteiger charge is -2.31. The first-order chi connectivity index (χ1) is 5.24. The number of aliphatic hydroxyl groups excluding tert-OH is 1. The van der Waals surface area contributed by atoms with Gasteiger partial charge in [-0.2, -0.15) is 0 Å². The maximum Gasteiger partial charge on any atom is 0.188 e. The third-order valence-corrected chi connectivity index (χ3v) is 2.21. The van der Waals surface area contributed by atoms with Gasteiger partial charge in [-0.05, 0) is 18.8 Å². The SMILES string of the molecule is N=C(N)N1CCC(CO)CC1. The van der Waals surface area contributed by atoms with Crippen LogP contribution in [-0.2, 0) is 0 Å². The molecule has 0 atom stereocenters. The molecule has 4 nitrogen and oxygen atoms in total. The second-order valence-electron chi connectivity index (χ2n) is 3.00. The van der Waals surface area contributed by atoms with Crippen LogP contribution in [0.1, 0.15) is 12.8 Å². The molecule has 0 radical (unpaired) electrons. The Bertz CT molecular complexity index is 141. The Labute approximate surface area is 66.5 Å². The fourth-order valence-electron chi connectivity index (χ4n) is 1.36. The van der Waals surface area contributed by atoms with Gasteiger partial charge in [-0.25, -0.2) is 0 Å². The molecule has 4 N–H and O–H groups in total. The van der Waals surface area contributed by atoms with Crippen LogP contribution in [0.15, 0.2) is 0 Å². The molecule has 4 heteroatoms. The summed E-state index contributed by atoms with van der Waals surface area (Å²) in [6.45, 7) is 1.91. The Kier molecular flexibility index (Phi) is 2.70. The summed E-state index contributed by atoms with van der Waals surface area (Å²) in [6, 6.07) is 0. The smallest absolute Gasteiger partial charge is 0.188 e. The number of guanidine groups is 1. The van der Waals surface area contributed by atoms with Gasteiger partial charge >= 0.3 is 0 Å². The van der Waals surface area contributed by atoms with E-state index in [9.17, 15) is 0 Å². The van der Waals surface area contributed by atoms with Crippen molar-refractivity contribution in [2.75, 3.05) is 19.7 Å². The van der Waals surface area contributed by atoms with Crippen molar-refractivity contribution in [3.63, 3.8) is 0 Å². The minimum atomic E-state index is 0.154. The standard InChI is InChI=1S/C7H15N3O/c8-7(9)10-3-1-6(5-11)2-4-10/h6,11H,1-5H2,(H3,8,9). The molecule has 0 aromatic heterocycles. The molecule has 0 amide bonds. The molecular formula is C7H15N3O. The Morgan fingerprint density at radius 1 is 1.55 bits per heavy atom. The van der Waals surface area contributed by atoms with Crippen molar-refractivity contribution in [3.8, 4) is 0 Å². The van der Waals surface area contributed by atoms with Crippen LogP contribution in [0, 0.1) is 11.3 Å². The zero-order valence-corrected chi connectivity index (χ0v) is 6.58. The van der Waals surface area contributed by atoms with E-state index in [2.05, 4.69) is 0 Å². The molecule has 1 rings (SSSR count). The zero-order chi connectivity index (χ0) is 8.27. The van der Waals surface area contributed by atoms with Crippen molar-refractivity contribution in [2.45, 2.75) is 12.8 Å². The molecule has 0 bridgehead atoms. The van der Waals surface area contributed by atoms with Gasteiger partial charge in [0.1, 0.15) is 0 Å². The third-order valence-electron chi connectivity index (χ3n) is 2.21. The maximum absolute atomic E-state index is 8.81. The topological polar surface area (TPSA) is 73.3 Å². The summed E-state index contributed by atoms with van der Waals surface area (Å²) >= 11 is 0. The van der Waals surface area contributed by atoms with E-state index in [0.29, 0.717) is 5.92 Å². The van der Waals surface area contributed by atoms with Crippen LogP contribution in [0.4, 0.5) is 0 Å². The van der Waals surface area contributed by atoms with E-state index in [1.54, 1.807) is 0 Å². The lowest BCUT2D eigenvalue weighted by Crippen LogP contribution is -2.42. The zero-order valence-electron chi connectivity index (χ0n) is 6.58. The predicted octanol–water partition coefficient (Wildman–Crippen LogP) is -0.416. The summed E-state index contributed by atoms with van der Waals surface area (Å²) in [5.41, 5.74) is 5.30. The number of rotatable bonds is 1. The number of likely N-dealkylation sites (tertiary alicyclic amines) is 1. The first-order valence-electron chi connectivity index (χ1n) is 3.94. The Hall–Kier alpha value is -0.770. The van der Waals surface area contributed by atoms with E-state index >= 15 is 0 Å². The molecule has 0 spiro atoms. The number of nitrogens with two attached hydrogens (primary N) is 1. The van der Waals surface area contributed by atoms with Crippen molar-refractivity contribution in [1.29, 1.82) is 5.41 Å². The molecule has 0 aromatic carbocycles. The molecule has 11 heavy (non-hydrogen) atoms. The minimum absolute atomic E-state index is 0.154. The number of hydrogen-bond donors (Lipinski definition) is 3. The fraction of sp³-hybridized carbons (Fsp3) is 0.857. The Morgan fingerprint density at radius 2 is 2.09 bits per heavy atom. The van der Waals surface area contributed by atoms with Gasteiger partial charge in [0.25, 0.3) is 0 Å². The highest BCUT2D eigenvalue weighted by Crippen LogP contribution is 2.15. The highest BCUT2D eigenvalue weighted by atomic mass is 16.3. The van der Waals surface area contributed by atoms with Crippen LogP contribution in [0.25, 0.3) is 0 Å². The third kappa shape index (κ3) is 2.08. The largest absolute Gasteiger partial charge is 0.396 e. The van der Waals surface area contributed by atoms with Crippen LogP contribution >= 0.6 is 0 Å². The molecule has 0 aliphatic carbocycles. The van der Waals surface area contributed by atoms with Gasteiger partial charge in [-0.15, -0.1) is 0 Å². The van der Waals surface area contributed by atoms with Gasteiger partial charge in [0.2, 0.25) is 0 Å². The van der Waals surface area contributed by atoms with Crippen LogP contribution < -0.4 is 5.73 Å². The highest BCUT2D eigenvalue weighted by molar-refractivity contribution is 5.74. The molecule has 1 saturated heterocycles. The summed E-state index contributed by atoms with van der Waals surface area (Å²) in [6.07, 6.45) is 1.91. The Morgan fingerprint density at radius 3 is 2.45 bits per heavy atom. The number of hydrogen-bond acceptors (Lipinski definition) is 2. The molecule has 0 aromatic rings. The average Bonchev–Trinajstić information content (AvgIpc) is 2.05. The van der Waals surface area contributed by atoms with E-state index < -0.39 is 0 Å². The fourth-order valence-corrected chi connectivity index (χ4v) is 1.36. The van der Waals surface area contributed by atoms with Crippen molar-refractivity contribution >= 4 is 5.96 Å². The van der Waals surface area contributed by atoms with Crippen LogP contribution in [0.3, 0.4) is 0 Å². The summed E-state index contributed by atoms with van der Waals surface area (Å²) in [5.74, 6) is 0.576. The first-order valence-corrected chi connectivity index (χ1v) is 3.94. The van der Waals surface area contributed by atoms with Gasteiger partial charge in [-0.3, -0.25) is 5.41 Å². The normalized spacial score (nSPS) is 20.3. The molecule has 1 heterocycles. The molecule has 1 fully saturated rings. The summed E-state index contributed by atoms with van der Waals surface area (Å²) in [5, 5.41) is 16.0. The average molecular weight is 157 g/mol. The minimum Gasteiger partial charge on any atom is -0.396 e. The maximum atomic E-state index is 8.81. The lowest BCUT2D eigenvalue weighted by molar-refractivity contribution is 0.165. The number of aliphatic hydroxyl groups is 1. The Balaban J connectivity index is 2.30. The van der Waals surface area contributed by atoms with Crippen LogP contribution in [0.2, 0.25) is 0 Å². The van der Waals surface area contributed by atoms with Gasteiger partial charge in [0, 0.05) is 19.7 Å². The highest BCUT2D eigenvalue weighted by Gasteiger charge is 2.18. The van der Waals surface area contributed by atoms with E-state index in [1.807, 2.05) is 4.90 Å². The van der Waals surface area contributed by atoms with E-state index in [1.165, 1.54) is 0 Å². The molecule has 0 saturated carbocycles. The van der Waals surface area contributed by atoms with Crippen molar-refractivity contribution in [3.05, 3.63) is 0 Å². The van der Waals surface area contributed by atoms with E-state index in [-0.39, 0.29) is 12.6 Å². The monoisotopic (exact) mass is 157 g/mol. The van der Waals surface area contributed by atoms with Crippen LogP contribution in [-0.4, -0.2) is 35.7 Å². The number of nitrogens with zero attached hydrogens (tertiary/aromatic N) is 1. The van der Waals surface area contributed by atoms with Crippen molar-refractivity contribution in [2.24, 2.45) is 11.7 Å². The van der Waals surface area contributed by atoms with Gasteiger partial charge in [0.15, 0.2) is 5.96 Å². The second kappa shape index (κ2) is 3.57.